The van der Waals surface area contributed by atoms with Gasteiger partial charge in [-0.15, -0.1) is 0 Å². The molecule has 22 heavy (non-hydrogen) atoms. The quantitative estimate of drug-likeness (QED) is 0.842. The molecule has 0 radical (unpaired) electrons. The van der Waals surface area contributed by atoms with Crippen molar-refractivity contribution in [3.63, 3.8) is 0 Å². The lowest BCUT2D eigenvalue weighted by atomic mass is 9.90. The van der Waals surface area contributed by atoms with Crippen LogP contribution in [-0.2, 0) is 16.0 Å². The Hall–Kier alpha value is -2.16. The minimum Gasteiger partial charge on any atom is -0.493 e. The molecular weight excluding hydrogens is 274 g/mol. The summed E-state index contributed by atoms with van der Waals surface area (Å²) < 4.78 is 10.9. The van der Waals surface area contributed by atoms with Crippen LogP contribution in [0.1, 0.15) is 18.4 Å². The van der Waals surface area contributed by atoms with Crippen LogP contribution in [0.3, 0.4) is 0 Å². The first-order valence-corrected chi connectivity index (χ1v) is 7.81. The second-order valence-electron chi connectivity index (χ2n) is 5.78. The molecule has 3 heteroatoms. The number of ether oxygens (including phenoxy) is 2. The van der Waals surface area contributed by atoms with Crippen molar-refractivity contribution < 1.29 is 9.47 Å². The topological polar surface area (TPSA) is 21.7 Å². The molecule has 0 amide bonds. The summed E-state index contributed by atoms with van der Waals surface area (Å²) in [5.41, 5.74) is 2.66. The van der Waals surface area contributed by atoms with Crippen molar-refractivity contribution in [2.45, 2.75) is 19.4 Å². The van der Waals surface area contributed by atoms with Crippen LogP contribution in [0, 0.1) is 5.92 Å². The Bertz CT molecular complexity index is 601. The van der Waals surface area contributed by atoms with Gasteiger partial charge >= 0.3 is 0 Å². The molecule has 0 saturated heterocycles. The van der Waals surface area contributed by atoms with E-state index in [0.29, 0.717) is 5.92 Å². The zero-order valence-corrected chi connectivity index (χ0v) is 13.3. The summed E-state index contributed by atoms with van der Waals surface area (Å²) in [6.07, 6.45) is 8.93. The van der Waals surface area contributed by atoms with E-state index in [2.05, 4.69) is 53.6 Å². The van der Waals surface area contributed by atoms with Gasteiger partial charge in [-0.1, -0.05) is 30.3 Å². The minimum absolute atomic E-state index is 0.426. The molecule has 3 nitrogen and oxygen atoms in total. The van der Waals surface area contributed by atoms with E-state index in [-0.39, 0.29) is 0 Å². The molecule has 0 unspecified atom stereocenters. The van der Waals surface area contributed by atoms with Crippen molar-refractivity contribution in [3.05, 3.63) is 71.3 Å². The molecular formula is C19H23NO2. The number of hydrogen-bond acceptors (Lipinski definition) is 3. The highest BCUT2D eigenvalue weighted by atomic mass is 16.5. The monoisotopic (exact) mass is 297 g/mol. The second-order valence-corrected chi connectivity index (χ2v) is 5.78. The van der Waals surface area contributed by atoms with Gasteiger partial charge in [-0.05, 0) is 36.1 Å². The molecule has 1 aromatic rings. The first-order valence-electron chi connectivity index (χ1n) is 7.81. The number of methoxy groups -OCH3 is 2. The average Bonchev–Trinajstić information content (AvgIpc) is 2.75. The molecule has 0 aromatic heterocycles. The van der Waals surface area contributed by atoms with Crippen molar-refractivity contribution in [2.24, 2.45) is 5.92 Å². The Kier molecular flexibility index (Phi) is 4.52. The molecule has 0 saturated carbocycles. The molecule has 1 atom stereocenters. The number of nitrogens with zero attached hydrogens (tertiary/aromatic N) is 1. The van der Waals surface area contributed by atoms with Crippen molar-refractivity contribution >= 4 is 0 Å². The summed E-state index contributed by atoms with van der Waals surface area (Å²) in [6, 6.07) is 10.6. The third-order valence-corrected chi connectivity index (χ3v) is 4.28. The zero-order chi connectivity index (χ0) is 15.4. The first kappa shape index (κ1) is 14.8. The predicted molar refractivity (Wildman–Crippen MR) is 87.8 cm³/mol. The van der Waals surface area contributed by atoms with Gasteiger partial charge in [0.25, 0.3) is 0 Å². The van der Waals surface area contributed by atoms with Crippen molar-refractivity contribution in [2.75, 3.05) is 20.8 Å². The van der Waals surface area contributed by atoms with Crippen LogP contribution in [-0.4, -0.2) is 25.7 Å². The maximum absolute atomic E-state index is 5.45. The van der Waals surface area contributed by atoms with E-state index in [0.717, 1.165) is 31.0 Å². The van der Waals surface area contributed by atoms with Gasteiger partial charge in [0.05, 0.1) is 14.2 Å². The third kappa shape index (κ3) is 3.19. The lowest BCUT2D eigenvalue weighted by Gasteiger charge is -2.22. The fraction of sp³-hybridized carbons (Fsp3) is 0.368. The second kappa shape index (κ2) is 6.73. The van der Waals surface area contributed by atoms with Gasteiger partial charge in [0.1, 0.15) is 0 Å². The fourth-order valence-electron chi connectivity index (χ4n) is 3.13. The van der Waals surface area contributed by atoms with E-state index < -0.39 is 0 Å². The summed E-state index contributed by atoms with van der Waals surface area (Å²) in [5.74, 6) is 2.09. The van der Waals surface area contributed by atoms with Crippen molar-refractivity contribution in [1.29, 1.82) is 0 Å². The molecule has 0 spiro atoms. The third-order valence-electron chi connectivity index (χ3n) is 4.28. The lowest BCUT2D eigenvalue weighted by Crippen LogP contribution is -2.17. The van der Waals surface area contributed by atoms with Crippen LogP contribution in [0.15, 0.2) is 65.8 Å². The van der Waals surface area contributed by atoms with Gasteiger partial charge in [-0.25, -0.2) is 0 Å². The van der Waals surface area contributed by atoms with Gasteiger partial charge < -0.3 is 14.4 Å². The Morgan fingerprint density at radius 1 is 1.09 bits per heavy atom. The highest BCUT2D eigenvalue weighted by Crippen LogP contribution is 2.33. The van der Waals surface area contributed by atoms with Crippen molar-refractivity contribution in [3.8, 4) is 0 Å². The summed E-state index contributed by atoms with van der Waals surface area (Å²) >= 11 is 0. The van der Waals surface area contributed by atoms with E-state index in [1.807, 2.05) is 0 Å². The molecule has 3 rings (SSSR count). The van der Waals surface area contributed by atoms with Crippen LogP contribution < -0.4 is 0 Å². The van der Waals surface area contributed by atoms with Crippen LogP contribution >= 0.6 is 0 Å². The highest BCUT2D eigenvalue weighted by molar-refractivity contribution is 5.40. The van der Waals surface area contributed by atoms with E-state index >= 15 is 0 Å². The van der Waals surface area contributed by atoms with Gasteiger partial charge in [0, 0.05) is 25.2 Å². The van der Waals surface area contributed by atoms with E-state index in [9.17, 15) is 0 Å². The van der Waals surface area contributed by atoms with Gasteiger partial charge in [0.2, 0.25) is 0 Å². The number of fused-ring (bicyclic) bond motifs is 1. The molecule has 0 fully saturated rings. The lowest BCUT2D eigenvalue weighted by molar-refractivity contribution is 0.215. The summed E-state index contributed by atoms with van der Waals surface area (Å²) in [4.78, 5) is 2.40. The SMILES string of the molecule is COC1=CC2=CN(Cc3ccccc3)CCC[C@@H]2C=C1OC. The minimum atomic E-state index is 0.426. The predicted octanol–water partition coefficient (Wildman–Crippen LogP) is 3.86. The highest BCUT2D eigenvalue weighted by Gasteiger charge is 2.24. The van der Waals surface area contributed by atoms with Crippen LogP contribution in [0.2, 0.25) is 0 Å². The molecule has 1 aromatic carbocycles. The van der Waals surface area contributed by atoms with E-state index in [1.165, 1.54) is 17.6 Å². The van der Waals surface area contributed by atoms with E-state index in [4.69, 9.17) is 9.47 Å². The molecule has 1 heterocycles. The van der Waals surface area contributed by atoms with Crippen LogP contribution in [0.5, 0.6) is 0 Å². The van der Waals surface area contributed by atoms with E-state index in [1.54, 1.807) is 14.2 Å². The number of hydrogen-bond donors (Lipinski definition) is 0. The first-order chi connectivity index (χ1) is 10.8. The normalized spacial score (nSPS) is 21.1. The van der Waals surface area contributed by atoms with Crippen LogP contribution in [0.4, 0.5) is 0 Å². The summed E-state index contributed by atoms with van der Waals surface area (Å²) in [7, 11) is 3.39. The van der Waals surface area contributed by atoms with Crippen molar-refractivity contribution in [1.82, 2.24) is 4.90 Å². The summed E-state index contributed by atoms with van der Waals surface area (Å²) in [6.45, 7) is 2.04. The molecule has 0 N–H and O–H groups in total. The van der Waals surface area contributed by atoms with Gasteiger partial charge in [-0.3, -0.25) is 0 Å². The van der Waals surface area contributed by atoms with Gasteiger partial charge in [0.15, 0.2) is 11.5 Å². The molecule has 2 aliphatic rings. The molecule has 1 aliphatic carbocycles. The maximum atomic E-state index is 5.45. The molecule has 1 aliphatic heterocycles. The number of allylic oxidation sites excluding steroid dienone is 3. The zero-order valence-electron chi connectivity index (χ0n) is 13.3. The molecule has 0 bridgehead atoms. The Morgan fingerprint density at radius 3 is 2.59 bits per heavy atom. The number of rotatable bonds is 4. The Balaban J connectivity index is 1.83. The summed E-state index contributed by atoms with van der Waals surface area (Å²) in [5, 5.41) is 0. The Morgan fingerprint density at radius 2 is 1.86 bits per heavy atom. The largest absolute Gasteiger partial charge is 0.493 e. The smallest absolute Gasteiger partial charge is 0.160 e. The standard InChI is InChI=1S/C19H23NO2/c1-21-18-11-16-9-6-10-20(13-15-7-4-3-5-8-15)14-17(16)12-19(18)22-2/h3-5,7-8,11-12,14,16H,6,9-10,13H2,1-2H3/t16-/m1/s1. The Labute approximate surface area is 132 Å². The fourth-order valence-corrected chi connectivity index (χ4v) is 3.13. The maximum Gasteiger partial charge on any atom is 0.160 e. The number of benzene rings is 1. The van der Waals surface area contributed by atoms with Crippen LogP contribution in [0.25, 0.3) is 0 Å². The molecule has 116 valence electrons. The average molecular weight is 297 g/mol. The van der Waals surface area contributed by atoms with Gasteiger partial charge in [-0.2, -0.15) is 0 Å².